The minimum Gasteiger partial charge on any atom is -0.335 e. The van der Waals surface area contributed by atoms with Gasteiger partial charge in [-0.2, -0.15) is 0 Å². The first-order valence-electron chi connectivity index (χ1n) is 5.69. The average Bonchev–Trinajstić information content (AvgIpc) is 2.81. The quantitative estimate of drug-likeness (QED) is 0.860. The number of rotatable bonds is 5. The molecule has 0 aliphatic heterocycles. The lowest BCUT2D eigenvalue weighted by atomic mass is 10.1. The first kappa shape index (κ1) is 13.0. The molecule has 0 saturated carbocycles. The normalized spacial score (nSPS) is 10.6. The fourth-order valence-electron chi connectivity index (χ4n) is 1.68. The van der Waals surface area contributed by atoms with Gasteiger partial charge in [0, 0.05) is 30.2 Å². The van der Waals surface area contributed by atoms with Crippen LogP contribution < -0.4 is 5.73 Å². The molecule has 1 heterocycles. The molecule has 0 atom stereocenters. The van der Waals surface area contributed by atoms with E-state index in [-0.39, 0.29) is 5.78 Å². The Morgan fingerprint density at radius 1 is 1.39 bits per heavy atom. The van der Waals surface area contributed by atoms with E-state index in [0.717, 1.165) is 10.0 Å². The highest BCUT2D eigenvalue weighted by molar-refractivity contribution is 9.10. The van der Waals surface area contributed by atoms with Gasteiger partial charge in [0.05, 0.1) is 6.33 Å². The van der Waals surface area contributed by atoms with Crippen LogP contribution in [0.25, 0.3) is 0 Å². The summed E-state index contributed by atoms with van der Waals surface area (Å²) in [7, 11) is 0. The highest BCUT2D eigenvalue weighted by Crippen LogP contribution is 2.17. The van der Waals surface area contributed by atoms with Crippen LogP contribution in [0.15, 0.2) is 41.3 Å². The molecule has 2 N–H and O–H groups in total. The van der Waals surface area contributed by atoms with Gasteiger partial charge in [-0.25, -0.2) is 4.98 Å². The van der Waals surface area contributed by atoms with Crippen LogP contribution in [-0.2, 0) is 13.0 Å². The summed E-state index contributed by atoms with van der Waals surface area (Å²) in [5.41, 5.74) is 6.90. The van der Waals surface area contributed by atoms with Crippen molar-refractivity contribution in [2.24, 2.45) is 5.73 Å². The van der Waals surface area contributed by atoms with Gasteiger partial charge in [0.15, 0.2) is 5.78 Å². The number of Topliss-reactive ketones (excluding diaryl/α,β-unsaturated/α-hetero) is 1. The molecule has 0 saturated heterocycles. The van der Waals surface area contributed by atoms with Crippen LogP contribution in [-0.4, -0.2) is 21.9 Å². The Balaban J connectivity index is 2.10. The van der Waals surface area contributed by atoms with Gasteiger partial charge < -0.3 is 10.3 Å². The smallest absolute Gasteiger partial charge is 0.187 e. The van der Waals surface area contributed by atoms with E-state index in [1.165, 1.54) is 0 Å². The molecular weight excluding hydrogens is 294 g/mol. The maximum atomic E-state index is 12.1. The second-order valence-electron chi connectivity index (χ2n) is 3.98. The lowest BCUT2D eigenvalue weighted by molar-refractivity contribution is 0.0988. The largest absolute Gasteiger partial charge is 0.335 e. The van der Waals surface area contributed by atoms with Crippen LogP contribution >= 0.6 is 15.9 Å². The second kappa shape index (κ2) is 5.93. The molecule has 0 fully saturated rings. The lowest BCUT2D eigenvalue weighted by Gasteiger charge is -2.01. The predicted octanol–water partition coefficient (Wildman–Crippen LogP) is 2.03. The molecule has 0 aliphatic rings. The van der Waals surface area contributed by atoms with Crippen LogP contribution in [0.2, 0.25) is 0 Å². The van der Waals surface area contributed by atoms with Crippen molar-refractivity contribution in [2.45, 2.75) is 13.0 Å². The van der Waals surface area contributed by atoms with Crippen molar-refractivity contribution in [2.75, 3.05) is 6.54 Å². The number of carbonyl (C=O) groups is 1. The molecule has 0 amide bonds. The third kappa shape index (κ3) is 3.05. The zero-order valence-electron chi connectivity index (χ0n) is 9.84. The molecule has 0 bridgehead atoms. The lowest BCUT2D eigenvalue weighted by Crippen LogP contribution is -2.08. The van der Waals surface area contributed by atoms with Crippen molar-refractivity contribution < 1.29 is 4.79 Å². The fraction of sp³-hybridized carbons (Fsp3) is 0.231. The monoisotopic (exact) mass is 307 g/mol. The molecule has 1 aromatic carbocycles. The molecule has 0 aliphatic carbocycles. The average molecular weight is 308 g/mol. The summed E-state index contributed by atoms with van der Waals surface area (Å²) in [6, 6.07) is 7.70. The summed E-state index contributed by atoms with van der Waals surface area (Å²) in [6.45, 7) is 1.21. The van der Waals surface area contributed by atoms with E-state index < -0.39 is 0 Å². The Morgan fingerprint density at radius 2 is 2.17 bits per heavy atom. The number of benzene rings is 1. The SMILES string of the molecule is NCCn1cnc(C(=O)Cc2ccccc2Br)c1. The number of nitrogens with zero attached hydrogens (tertiary/aromatic N) is 2. The number of halogens is 1. The minimum atomic E-state index is 0.0117. The van der Waals surface area contributed by atoms with E-state index in [0.29, 0.717) is 25.2 Å². The number of aromatic nitrogens is 2. The maximum absolute atomic E-state index is 12.1. The molecule has 5 heteroatoms. The van der Waals surface area contributed by atoms with Crippen LogP contribution in [0.4, 0.5) is 0 Å². The second-order valence-corrected chi connectivity index (χ2v) is 4.83. The summed E-state index contributed by atoms with van der Waals surface area (Å²) in [4.78, 5) is 16.2. The van der Waals surface area contributed by atoms with Crippen molar-refractivity contribution in [3.05, 3.63) is 52.5 Å². The van der Waals surface area contributed by atoms with Gasteiger partial charge >= 0.3 is 0 Å². The fourth-order valence-corrected chi connectivity index (χ4v) is 2.11. The Hall–Kier alpha value is -1.46. The zero-order valence-corrected chi connectivity index (χ0v) is 11.4. The van der Waals surface area contributed by atoms with Gasteiger partial charge in [-0.05, 0) is 11.6 Å². The van der Waals surface area contributed by atoms with Gasteiger partial charge in [-0.15, -0.1) is 0 Å². The molecule has 1 aromatic heterocycles. The highest BCUT2D eigenvalue weighted by atomic mass is 79.9. The molecule has 94 valence electrons. The van der Waals surface area contributed by atoms with E-state index in [2.05, 4.69) is 20.9 Å². The van der Waals surface area contributed by atoms with Crippen LogP contribution in [0, 0.1) is 0 Å². The third-order valence-corrected chi connectivity index (χ3v) is 3.39. The first-order chi connectivity index (χ1) is 8.70. The molecule has 2 rings (SSSR count). The van der Waals surface area contributed by atoms with Gasteiger partial charge in [0.25, 0.3) is 0 Å². The number of imidazole rings is 1. The Morgan fingerprint density at radius 3 is 2.89 bits per heavy atom. The maximum Gasteiger partial charge on any atom is 0.187 e. The van der Waals surface area contributed by atoms with Gasteiger partial charge in [0.2, 0.25) is 0 Å². The van der Waals surface area contributed by atoms with E-state index in [1.807, 2.05) is 28.8 Å². The standard InChI is InChI=1S/C13H14BrN3O/c14-11-4-2-1-3-10(11)7-13(18)12-8-17(6-5-15)9-16-12/h1-4,8-9H,5-7,15H2. The number of carbonyl (C=O) groups excluding carboxylic acids is 1. The molecule has 0 radical (unpaired) electrons. The molecule has 0 spiro atoms. The molecular formula is C13H14BrN3O. The Labute approximate surface area is 114 Å². The van der Waals surface area contributed by atoms with Crippen molar-refractivity contribution >= 4 is 21.7 Å². The summed E-state index contributed by atoms with van der Waals surface area (Å²) < 4.78 is 2.77. The summed E-state index contributed by atoms with van der Waals surface area (Å²) in [6.07, 6.45) is 3.73. The minimum absolute atomic E-state index is 0.0117. The van der Waals surface area contributed by atoms with Crippen molar-refractivity contribution in [3.8, 4) is 0 Å². The van der Waals surface area contributed by atoms with Crippen molar-refractivity contribution in [3.63, 3.8) is 0 Å². The topological polar surface area (TPSA) is 60.9 Å². The molecule has 4 nitrogen and oxygen atoms in total. The first-order valence-corrected chi connectivity index (χ1v) is 6.48. The van der Waals surface area contributed by atoms with E-state index in [4.69, 9.17) is 5.73 Å². The number of hydrogen-bond acceptors (Lipinski definition) is 3. The van der Waals surface area contributed by atoms with E-state index >= 15 is 0 Å². The predicted molar refractivity (Wildman–Crippen MR) is 73.5 cm³/mol. The molecule has 18 heavy (non-hydrogen) atoms. The summed E-state index contributed by atoms with van der Waals surface area (Å²) in [5, 5.41) is 0. The van der Waals surface area contributed by atoms with Crippen molar-refractivity contribution in [1.82, 2.24) is 9.55 Å². The zero-order chi connectivity index (χ0) is 13.0. The van der Waals surface area contributed by atoms with Gasteiger partial charge in [-0.1, -0.05) is 34.1 Å². The van der Waals surface area contributed by atoms with Gasteiger partial charge in [0.1, 0.15) is 5.69 Å². The van der Waals surface area contributed by atoms with E-state index in [1.54, 1.807) is 12.5 Å². The third-order valence-electron chi connectivity index (χ3n) is 2.62. The van der Waals surface area contributed by atoms with Crippen LogP contribution in [0.1, 0.15) is 16.1 Å². The Bertz CT molecular complexity index is 551. The van der Waals surface area contributed by atoms with E-state index in [9.17, 15) is 4.79 Å². The summed E-state index contributed by atoms with van der Waals surface area (Å²) >= 11 is 3.43. The highest BCUT2D eigenvalue weighted by Gasteiger charge is 2.11. The molecule has 0 unspecified atom stereocenters. The number of nitrogens with two attached hydrogens (primary N) is 1. The van der Waals surface area contributed by atoms with Crippen LogP contribution in [0.3, 0.4) is 0 Å². The van der Waals surface area contributed by atoms with Crippen LogP contribution in [0.5, 0.6) is 0 Å². The Kier molecular flexibility index (Phi) is 4.28. The number of ketones is 1. The van der Waals surface area contributed by atoms with Gasteiger partial charge in [-0.3, -0.25) is 4.79 Å². The van der Waals surface area contributed by atoms with Crippen molar-refractivity contribution in [1.29, 1.82) is 0 Å². The molecule has 2 aromatic rings. The summed E-state index contributed by atoms with van der Waals surface area (Å²) in [5.74, 6) is 0.0117. The number of hydrogen-bond donors (Lipinski definition) is 1.